The maximum Gasteiger partial charge on any atom is 0.328 e. The molecule has 1 aromatic heterocycles. The fourth-order valence-corrected chi connectivity index (χ4v) is 4.47. The minimum absolute atomic E-state index is 0.0137. The van der Waals surface area contributed by atoms with Crippen LogP contribution in [-0.4, -0.2) is 54.1 Å². The third kappa shape index (κ3) is 5.94. The normalized spacial score (nSPS) is 14.7. The molecule has 0 saturated carbocycles. The summed E-state index contributed by atoms with van der Waals surface area (Å²) in [6.45, 7) is 3.33. The number of methoxy groups -OCH3 is 1. The van der Waals surface area contributed by atoms with Gasteiger partial charge in [0.1, 0.15) is 6.04 Å². The van der Waals surface area contributed by atoms with Crippen molar-refractivity contribution < 1.29 is 19.1 Å². The number of hydrogen-bond acceptors (Lipinski definition) is 7. The van der Waals surface area contributed by atoms with Gasteiger partial charge >= 0.3 is 5.97 Å². The molecule has 4 rings (SSSR count). The van der Waals surface area contributed by atoms with E-state index in [0.29, 0.717) is 25.3 Å². The van der Waals surface area contributed by atoms with Crippen molar-refractivity contribution >= 4 is 23.5 Å². The van der Waals surface area contributed by atoms with Crippen LogP contribution in [0, 0.1) is 12.8 Å². The third-order valence-corrected chi connectivity index (χ3v) is 6.56. The molecule has 8 heteroatoms. The average Bonchev–Trinajstić information content (AvgIpc) is 2.93. The number of hydrogen-bond donors (Lipinski definition) is 1. The van der Waals surface area contributed by atoms with E-state index >= 15 is 0 Å². The number of amides is 1. The molecule has 2 aromatic carbocycles. The molecule has 1 aliphatic rings. The number of carbonyl (C=O) groups is 3. The molecule has 1 N–H and O–H groups in total. The highest BCUT2D eigenvalue weighted by Crippen LogP contribution is 2.25. The maximum absolute atomic E-state index is 12.9. The van der Waals surface area contributed by atoms with Crippen molar-refractivity contribution in [3.63, 3.8) is 0 Å². The Morgan fingerprint density at radius 3 is 2.31 bits per heavy atom. The Balaban J connectivity index is 1.35. The van der Waals surface area contributed by atoms with Crippen LogP contribution in [0.3, 0.4) is 0 Å². The van der Waals surface area contributed by atoms with Crippen LogP contribution >= 0.6 is 0 Å². The van der Waals surface area contributed by atoms with Crippen LogP contribution < -0.4 is 10.2 Å². The SMILES string of the molecule is COC(=O)C(Cc1ccccc1)NC(=O)c1ccc(N2CCC(C(=O)c3ccccc3C)CC2)nn1. The third-order valence-electron chi connectivity index (χ3n) is 6.56. The van der Waals surface area contributed by atoms with E-state index in [-0.39, 0.29) is 17.4 Å². The van der Waals surface area contributed by atoms with Gasteiger partial charge in [-0.05, 0) is 43.0 Å². The number of aryl methyl sites for hydroxylation is 1. The molecule has 2 heterocycles. The molecule has 36 heavy (non-hydrogen) atoms. The summed E-state index contributed by atoms with van der Waals surface area (Å²) in [6, 6.07) is 19.6. The molecular weight excluding hydrogens is 456 g/mol. The molecule has 1 atom stereocenters. The first-order valence-electron chi connectivity index (χ1n) is 12.1. The van der Waals surface area contributed by atoms with Gasteiger partial charge in [-0.2, -0.15) is 0 Å². The number of Topliss-reactive ketones (excluding diaryl/α,β-unsaturated/α-hetero) is 1. The molecule has 0 spiro atoms. The lowest BCUT2D eigenvalue weighted by molar-refractivity contribution is -0.142. The Hall–Kier alpha value is -4.07. The number of anilines is 1. The van der Waals surface area contributed by atoms with Gasteiger partial charge in [0.2, 0.25) is 0 Å². The van der Waals surface area contributed by atoms with E-state index in [1.807, 2.05) is 61.5 Å². The highest BCUT2D eigenvalue weighted by molar-refractivity contribution is 5.99. The Morgan fingerprint density at radius 2 is 1.67 bits per heavy atom. The summed E-state index contributed by atoms with van der Waals surface area (Å²) < 4.78 is 4.86. The molecule has 0 aliphatic carbocycles. The smallest absolute Gasteiger partial charge is 0.328 e. The second-order valence-corrected chi connectivity index (χ2v) is 8.96. The second-order valence-electron chi connectivity index (χ2n) is 8.96. The minimum Gasteiger partial charge on any atom is -0.467 e. The van der Waals surface area contributed by atoms with E-state index < -0.39 is 17.9 Å². The van der Waals surface area contributed by atoms with E-state index in [0.717, 1.165) is 29.5 Å². The summed E-state index contributed by atoms with van der Waals surface area (Å²) in [7, 11) is 1.29. The summed E-state index contributed by atoms with van der Waals surface area (Å²) in [6.07, 6.45) is 1.77. The van der Waals surface area contributed by atoms with Crippen molar-refractivity contribution in [3.05, 3.63) is 89.1 Å². The average molecular weight is 487 g/mol. The van der Waals surface area contributed by atoms with Crippen LogP contribution in [-0.2, 0) is 16.0 Å². The van der Waals surface area contributed by atoms with Crippen molar-refractivity contribution in [1.29, 1.82) is 0 Å². The topological polar surface area (TPSA) is 101 Å². The molecule has 186 valence electrons. The quantitative estimate of drug-likeness (QED) is 0.385. The lowest BCUT2D eigenvalue weighted by atomic mass is 9.87. The zero-order valence-corrected chi connectivity index (χ0v) is 20.5. The summed E-state index contributed by atoms with van der Waals surface area (Å²) in [5.41, 5.74) is 2.82. The van der Waals surface area contributed by atoms with Gasteiger partial charge in [0.05, 0.1) is 7.11 Å². The van der Waals surface area contributed by atoms with E-state index in [9.17, 15) is 14.4 Å². The van der Waals surface area contributed by atoms with Gasteiger partial charge < -0.3 is 15.0 Å². The van der Waals surface area contributed by atoms with Crippen molar-refractivity contribution in [2.75, 3.05) is 25.1 Å². The van der Waals surface area contributed by atoms with Crippen LogP contribution in [0.25, 0.3) is 0 Å². The summed E-state index contributed by atoms with van der Waals surface area (Å²) in [5.74, 6) is -0.188. The summed E-state index contributed by atoms with van der Waals surface area (Å²) >= 11 is 0. The molecule has 1 unspecified atom stereocenters. The van der Waals surface area contributed by atoms with E-state index in [2.05, 4.69) is 20.4 Å². The molecule has 8 nitrogen and oxygen atoms in total. The first-order chi connectivity index (χ1) is 17.5. The second kappa shape index (κ2) is 11.6. The predicted octanol–water partition coefficient (Wildman–Crippen LogP) is 3.40. The highest BCUT2D eigenvalue weighted by atomic mass is 16.5. The fourth-order valence-electron chi connectivity index (χ4n) is 4.47. The Labute approximate surface area is 210 Å². The Bertz CT molecular complexity index is 1210. The van der Waals surface area contributed by atoms with Gasteiger partial charge in [-0.25, -0.2) is 4.79 Å². The number of ketones is 1. The number of esters is 1. The molecular formula is C28H30N4O4. The first-order valence-corrected chi connectivity index (χ1v) is 12.1. The standard InChI is InChI=1S/C28H30N4O4/c1-19-8-6-7-11-22(19)26(33)21-14-16-32(17-15-21)25-13-12-23(30-31-25)27(34)29-24(28(35)36-2)18-20-9-4-3-5-10-20/h3-13,21,24H,14-18H2,1-2H3,(H,29,34). The van der Waals surface area contributed by atoms with Gasteiger partial charge in [0, 0.05) is 31.0 Å². The number of aromatic nitrogens is 2. The van der Waals surface area contributed by atoms with Crippen molar-refractivity contribution in [3.8, 4) is 0 Å². The number of carbonyl (C=O) groups excluding carboxylic acids is 3. The number of piperidine rings is 1. The lowest BCUT2D eigenvalue weighted by Crippen LogP contribution is -2.43. The molecule has 0 radical (unpaired) electrons. The van der Waals surface area contributed by atoms with Crippen molar-refractivity contribution in [2.24, 2.45) is 5.92 Å². The fraction of sp³-hybridized carbons (Fsp3) is 0.321. The minimum atomic E-state index is -0.837. The van der Waals surface area contributed by atoms with Gasteiger partial charge in [-0.3, -0.25) is 9.59 Å². The van der Waals surface area contributed by atoms with E-state index in [1.54, 1.807) is 12.1 Å². The molecule has 3 aromatic rings. The molecule has 1 amide bonds. The zero-order valence-electron chi connectivity index (χ0n) is 20.5. The number of nitrogens with zero attached hydrogens (tertiary/aromatic N) is 3. The number of ether oxygens (including phenoxy) is 1. The Morgan fingerprint density at radius 1 is 0.972 bits per heavy atom. The predicted molar refractivity (Wildman–Crippen MR) is 136 cm³/mol. The number of nitrogens with one attached hydrogen (secondary N) is 1. The zero-order chi connectivity index (χ0) is 25.5. The molecule has 0 bridgehead atoms. The lowest BCUT2D eigenvalue weighted by Gasteiger charge is -2.32. The van der Waals surface area contributed by atoms with Crippen molar-refractivity contribution in [2.45, 2.75) is 32.2 Å². The largest absolute Gasteiger partial charge is 0.467 e. The summed E-state index contributed by atoms with van der Waals surface area (Å²) in [5, 5.41) is 11.0. The van der Waals surface area contributed by atoms with Crippen LogP contribution in [0.2, 0.25) is 0 Å². The maximum atomic E-state index is 12.9. The van der Waals surface area contributed by atoms with E-state index in [4.69, 9.17) is 4.74 Å². The van der Waals surface area contributed by atoms with Gasteiger partial charge in [-0.15, -0.1) is 10.2 Å². The van der Waals surface area contributed by atoms with Crippen LogP contribution in [0.4, 0.5) is 5.82 Å². The monoisotopic (exact) mass is 486 g/mol. The molecule has 1 aliphatic heterocycles. The first kappa shape index (κ1) is 25.0. The van der Waals surface area contributed by atoms with E-state index in [1.165, 1.54) is 7.11 Å². The summed E-state index contributed by atoms with van der Waals surface area (Å²) in [4.78, 5) is 40.0. The number of benzene rings is 2. The Kier molecular flexibility index (Phi) is 8.05. The van der Waals surface area contributed by atoms with Crippen LogP contribution in [0.1, 0.15) is 44.8 Å². The van der Waals surface area contributed by atoms with Gasteiger partial charge in [0.15, 0.2) is 17.3 Å². The van der Waals surface area contributed by atoms with Crippen LogP contribution in [0.5, 0.6) is 0 Å². The van der Waals surface area contributed by atoms with Gasteiger partial charge in [-0.1, -0.05) is 54.6 Å². The van der Waals surface area contributed by atoms with Gasteiger partial charge in [0.25, 0.3) is 5.91 Å². The number of rotatable bonds is 8. The highest BCUT2D eigenvalue weighted by Gasteiger charge is 2.28. The molecule has 1 saturated heterocycles. The van der Waals surface area contributed by atoms with Crippen molar-refractivity contribution in [1.82, 2.24) is 15.5 Å². The molecule has 1 fully saturated rings. The van der Waals surface area contributed by atoms with Crippen LogP contribution in [0.15, 0.2) is 66.7 Å².